The molecule has 0 saturated carbocycles. The Morgan fingerprint density at radius 3 is 1.87 bits per heavy atom. The van der Waals surface area contributed by atoms with Crippen molar-refractivity contribution in [3.05, 3.63) is 0 Å². The van der Waals surface area contributed by atoms with Crippen molar-refractivity contribution in [2.75, 3.05) is 19.6 Å². The zero-order chi connectivity index (χ0) is 11.4. The van der Waals surface area contributed by atoms with Crippen LogP contribution in [0.25, 0.3) is 0 Å². The van der Waals surface area contributed by atoms with E-state index in [-0.39, 0.29) is 0 Å². The molecule has 0 aromatic carbocycles. The molecule has 2 nitrogen and oxygen atoms in total. The van der Waals surface area contributed by atoms with E-state index in [1.807, 2.05) is 0 Å². The van der Waals surface area contributed by atoms with Crippen molar-refractivity contribution >= 4 is 0 Å². The Morgan fingerprint density at radius 2 is 1.53 bits per heavy atom. The molecule has 0 amide bonds. The summed E-state index contributed by atoms with van der Waals surface area (Å²) in [5, 5.41) is 0. The summed E-state index contributed by atoms with van der Waals surface area (Å²) in [7, 11) is 0. The molecule has 1 saturated heterocycles. The molecule has 0 N–H and O–H groups in total. The van der Waals surface area contributed by atoms with Gasteiger partial charge in [0.2, 0.25) is 0 Å². The molecule has 1 aliphatic rings. The quantitative estimate of drug-likeness (QED) is 0.707. The van der Waals surface area contributed by atoms with Gasteiger partial charge in [-0.15, -0.1) is 0 Å². The summed E-state index contributed by atoms with van der Waals surface area (Å²) in [4.78, 5) is 5.25. The second kappa shape index (κ2) is 5.86. The molecule has 0 radical (unpaired) electrons. The highest BCUT2D eigenvalue weighted by Gasteiger charge is 2.27. The highest BCUT2D eigenvalue weighted by atomic mass is 15.2. The third kappa shape index (κ3) is 3.46. The van der Waals surface area contributed by atoms with Gasteiger partial charge in [0.25, 0.3) is 0 Å². The molecule has 0 aliphatic carbocycles. The highest BCUT2D eigenvalue weighted by molar-refractivity contribution is 4.83. The second-order valence-corrected chi connectivity index (χ2v) is 5.30. The molecular formula is C13H28N2. The summed E-state index contributed by atoms with van der Waals surface area (Å²) in [6, 6.07) is 2.18. The van der Waals surface area contributed by atoms with E-state index in [1.54, 1.807) is 0 Å². The summed E-state index contributed by atoms with van der Waals surface area (Å²) < 4.78 is 0. The van der Waals surface area contributed by atoms with Crippen molar-refractivity contribution < 1.29 is 0 Å². The zero-order valence-electron chi connectivity index (χ0n) is 11.2. The first-order chi connectivity index (χ1) is 7.06. The van der Waals surface area contributed by atoms with Crippen molar-refractivity contribution in [1.29, 1.82) is 0 Å². The number of likely N-dealkylation sites (tertiary alicyclic amines) is 1. The minimum Gasteiger partial charge on any atom is -0.303 e. The average Bonchev–Trinajstić information content (AvgIpc) is 2.18. The van der Waals surface area contributed by atoms with E-state index in [0.29, 0.717) is 12.1 Å². The van der Waals surface area contributed by atoms with Gasteiger partial charge < -0.3 is 4.90 Å². The maximum atomic E-state index is 2.69. The van der Waals surface area contributed by atoms with Crippen molar-refractivity contribution in [3.8, 4) is 0 Å². The van der Waals surface area contributed by atoms with Crippen LogP contribution in [0.3, 0.4) is 0 Å². The summed E-state index contributed by atoms with van der Waals surface area (Å²) in [6.07, 6.45) is 2.70. The van der Waals surface area contributed by atoms with E-state index >= 15 is 0 Å². The van der Waals surface area contributed by atoms with Gasteiger partial charge in [0.1, 0.15) is 0 Å². The van der Waals surface area contributed by atoms with Crippen molar-refractivity contribution in [2.45, 2.75) is 65.6 Å². The number of nitrogens with zero attached hydrogens (tertiary/aromatic N) is 2. The van der Waals surface area contributed by atoms with Crippen LogP contribution >= 0.6 is 0 Å². The summed E-state index contributed by atoms with van der Waals surface area (Å²) in [5.41, 5.74) is 0. The number of hydrogen-bond donors (Lipinski definition) is 0. The van der Waals surface area contributed by atoms with Crippen LogP contribution in [0.4, 0.5) is 0 Å². The lowest BCUT2D eigenvalue weighted by molar-refractivity contribution is 0.0613. The van der Waals surface area contributed by atoms with Crippen molar-refractivity contribution in [3.63, 3.8) is 0 Å². The van der Waals surface area contributed by atoms with Crippen LogP contribution in [-0.4, -0.2) is 47.6 Å². The van der Waals surface area contributed by atoms with E-state index in [0.717, 1.165) is 6.04 Å². The third-order valence-electron chi connectivity index (χ3n) is 3.62. The fraction of sp³-hybridized carbons (Fsp3) is 1.00. The molecule has 0 spiro atoms. The maximum absolute atomic E-state index is 2.69. The molecule has 1 aliphatic heterocycles. The topological polar surface area (TPSA) is 6.48 Å². The molecule has 1 rings (SSSR count). The molecule has 15 heavy (non-hydrogen) atoms. The van der Waals surface area contributed by atoms with E-state index < -0.39 is 0 Å². The molecule has 90 valence electrons. The fourth-order valence-corrected chi connectivity index (χ4v) is 2.97. The van der Waals surface area contributed by atoms with Gasteiger partial charge in [-0.05, 0) is 60.2 Å². The van der Waals surface area contributed by atoms with Gasteiger partial charge in [-0.3, -0.25) is 4.90 Å². The first-order valence-corrected chi connectivity index (χ1v) is 6.56. The predicted octanol–water partition coefficient (Wildman–Crippen LogP) is 2.59. The van der Waals surface area contributed by atoms with Crippen LogP contribution in [0.5, 0.6) is 0 Å². The maximum Gasteiger partial charge on any atom is 0.0125 e. The standard InChI is InChI=1S/C13H28N2/c1-6-14-9-7-13(8-10-14)15(11(2)3)12(4)5/h11-13H,6-10H2,1-5H3. The van der Waals surface area contributed by atoms with Crippen LogP contribution in [0.1, 0.15) is 47.5 Å². The lowest BCUT2D eigenvalue weighted by Crippen LogP contribution is -2.50. The second-order valence-electron chi connectivity index (χ2n) is 5.30. The predicted molar refractivity (Wildman–Crippen MR) is 67.2 cm³/mol. The Kier molecular flexibility index (Phi) is 5.07. The van der Waals surface area contributed by atoms with Gasteiger partial charge in [0, 0.05) is 18.1 Å². The number of piperidine rings is 1. The Hall–Kier alpha value is -0.0800. The highest BCUT2D eigenvalue weighted by Crippen LogP contribution is 2.20. The number of hydrogen-bond acceptors (Lipinski definition) is 2. The lowest BCUT2D eigenvalue weighted by atomic mass is 10.00. The molecule has 0 atom stereocenters. The SMILES string of the molecule is CCN1CCC(N(C(C)C)C(C)C)CC1. The monoisotopic (exact) mass is 212 g/mol. The van der Waals surface area contributed by atoms with Gasteiger partial charge >= 0.3 is 0 Å². The largest absolute Gasteiger partial charge is 0.303 e. The minimum absolute atomic E-state index is 0.683. The Labute approximate surface area is 95.6 Å². The van der Waals surface area contributed by atoms with Crippen LogP contribution in [-0.2, 0) is 0 Å². The van der Waals surface area contributed by atoms with Gasteiger partial charge in [-0.25, -0.2) is 0 Å². The molecule has 1 fully saturated rings. The number of rotatable bonds is 4. The van der Waals surface area contributed by atoms with Gasteiger partial charge in [0.05, 0.1) is 0 Å². The van der Waals surface area contributed by atoms with Crippen molar-refractivity contribution in [2.24, 2.45) is 0 Å². The van der Waals surface area contributed by atoms with Gasteiger partial charge in [-0.1, -0.05) is 6.92 Å². The Bertz CT molecular complexity index is 161. The normalized spacial score (nSPS) is 20.8. The van der Waals surface area contributed by atoms with E-state index in [1.165, 1.54) is 32.5 Å². The zero-order valence-corrected chi connectivity index (χ0v) is 11.2. The van der Waals surface area contributed by atoms with E-state index in [9.17, 15) is 0 Å². The summed E-state index contributed by atoms with van der Waals surface area (Å²) in [6.45, 7) is 15.4. The molecular weight excluding hydrogens is 184 g/mol. The average molecular weight is 212 g/mol. The Morgan fingerprint density at radius 1 is 1.07 bits per heavy atom. The van der Waals surface area contributed by atoms with Crippen LogP contribution in [0.2, 0.25) is 0 Å². The Balaban J connectivity index is 2.49. The van der Waals surface area contributed by atoms with Crippen LogP contribution in [0, 0.1) is 0 Å². The molecule has 0 unspecified atom stereocenters. The van der Waals surface area contributed by atoms with Crippen LogP contribution in [0.15, 0.2) is 0 Å². The first-order valence-electron chi connectivity index (χ1n) is 6.56. The smallest absolute Gasteiger partial charge is 0.0125 e. The molecule has 1 heterocycles. The lowest BCUT2D eigenvalue weighted by Gasteiger charge is -2.42. The first kappa shape index (κ1) is 13.0. The van der Waals surface area contributed by atoms with E-state index in [2.05, 4.69) is 44.4 Å². The van der Waals surface area contributed by atoms with Crippen LogP contribution < -0.4 is 0 Å². The molecule has 0 aromatic rings. The fourth-order valence-electron chi connectivity index (χ4n) is 2.97. The molecule has 0 bridgehead atoms. The van der Waals surface area contributed by atoms with Gasteiger partial charge in [-0.2, -0.15) is 0 Å². The third-order valence-corrected chi connectivity index (χ3v) is 3.62. The van der Waals surface area contributed by atoms with E-state index in [4.69, 9.17) is 0 Å². The minimum atomic E-state index is 0.683. The molecule has 0 aromatic heterocycles. The summed E-state index contributed by atoms with van der Waals surface area (Å²) >= 11 is 0. The van der Waals surface area contributed by atoms with Crippen molar-refractivity contribution in [1.82, 2.24) is 9.80 Å². The molecule has 2 heteroatoms. The van der Waals surface area contributed by atoms with Gasteiger partial charge in [0.15, 0.2) is 0 Å². The summed E-state index contributed by atoms with van der Waals surface area (Å²) in [5.74, 6) is 0.